The average Bonchev–Trinajstić information content (AvgIpc) is 3.00. The third-order valence-electron chi connectivity index (χ3n) is 4.48. The Hall–Kier alpha value is -2.27. The van der Waals surface area contributed by atoms with Gasteiger partial charge >= 0.3 is 0 Å². The van der Waals surface area contributed by atoms with E-state index in [2.05, 4.69) is 4.90 Å². The zero-order valence-corrected chi connectivity index (χ0v) is 14.2. The van der Waals surface area contributed by atoms with Crippen molar-refractivity contribution in [3.63, 3.8) is 0 Å². The zero-order valence-electron chi connectivity index (χ0n) is 14.2. The largest absolute Gasteiger partial charge is 0.464 e. The van der Waals surface area contributed by atoms with E-state index in [1.54, 1.807) is 11.9 Å². The van der Waals surface area contributed by atoms with Gasteiger partial charge in [0.15, 0.2) is 0 Å². The number of carbonyl (C=O) groups is 1. The molecule has 1 N–H and O–H groups in total. The summed E-state index contributed by atoms with van der Waals surface area (Å²) >= 11 is 0. The lowest BCUT2D eigenvalue weighted by Gasteiger charge is -2.31. The first-order valence-electron chi connectivity index (χ1n) is 8.37. The van der Waals surface area contributed by atoms with Crippen LogP contribution in [0.15, 0.2) is 40.8 Å². The second-order valence-electron chi connectivity index (χ2n) is 6.44. The van der Waals surface area contributed by atoms with Crippen LogP contribution >= 0.6 is 0 Å². The number of anilines is 1. The van der Waals surface area contributed by atoms with Gasteiger partial charge in [0, 0.05) is 31.4 Å². The molecule has 1 amide bonds. The number of aliphatic hydroxyl groups is 1. The number of aryl methyl sites for hydroxylation is 1. The second-order valence-corrected chi connectivity index (χ2v) is 6.44. The fourth-order valence-electron chi connectivity index (χ4n) is 3.03. The minimum atomic E-state index is -0.180. The molecule has 1 aromatic carbocycles. The van der Waals surface area contributed by atoms with Crippen LogP contribution in [0.3, 0.4) is 0 Å². The van der Waals surface area contributed by atoms with E-state index in [4.69, 9.17) is 4.42 Å². The molecule has 5 heteroatoms. The minimum absolute atomic E-state index is 0.0235. The molecule has 1 saturated heterocycles. The van der Waals surface area contributed by atoms with Crippen molar-refractivity contribution in [2.24, 2.45) is 0 Å². The van der Waals surface area contributed by atoms with Crippen LogP contribution in [0.2, 0.25) is 0 Å². The monoisotopic (exact) mass is 328 g/mol. The van der Waals surface area contributed by atoms with E-state index in [0.717, 1.165) is 43.1 Å². The van der Waals surface area contributed by atoms with Crippen LogP contribution in [0.1, 0.15) is 34.7 Å². The number of rotatable bonds is 4. The molecule has 0 bridgehead atoms. The molecule has 5 nitrogen and oxygen atoms in total. The Labute approximate surface area is 142 Å². The molecule has 0 atom stereocenters. The fourth-order valence-corrected chi connectivity index (χ4v) is 3.03. The lowest BCUT2D eigenvalue weighted by atomic mass is 10.1. The van der Waals surface area contributed by atoms with Crippen LogP contribution in [0, 0.1) is 6.92 Å². The van der Waals surface area contributed by atoms with Crippen LogP contribution in [0.25, 0.3) is 0 Å². The van der Waals surface area contributed by atoms with Gasteiger partial charge in [-0.3, -0.25) is 4.79 Å². The highest BCUT2D eigenvalue weighted by Gasteiger charge is 2.18. The number of aliphatic hydroxyl groups excluding tert-OH is 1. The van der Waals surface area contributed by atoms with Crippen molar-refractivity contribution in [2.75, 3.05) is 25.0 Å². The summed E-state index contributed by atoms with van der Waals surface area (Å²) in [7, 11) is 1.78. The molecule has 24 heavy (non-hydrogen) atoms. The molecule has 0 saturated carbocycles. The molecule has 1 aliphatic heterocycles. The molecule has 0 radical (unpaired) electrons. The van der Waals surface area contributed by atoms with Gasteiger partial charge in [0.25, 0.3) is 5.91 Å². The van der Waals surface area contributed by atoms with Gasteiger partial charge in [0.1, 0.15) is 11.5 Å². The predicted molar refractivity (Wildman–Crippen MR) is 93.1 cm³/mol. The molecular formula is C19H24N2O3. The molecule has 2 aromatic rings. The molecule has 0 spiro atoms. The maximum Gasteiger partial charge on any atom is 0.254 e. The Morgan fingerprint density at radius 3 is 2.46 bits per heavy atom. The Morgan fingerprint density at radius 1 is 1.21 bits per heavy atom. The average molecular weight is 328 g/mol. The fraction of sp³-hybridized carbons (Fsp3) is 0.421. The number of carbonyl (C=O) groups excluding carboxylic acids is 1. The summed E-state index contributed by atoms with van der Waals surface area (Å²) in [5, 5.41) is 9.59. The van der Waals surface area contributed by atoms with E-state index in [1.165, 1.54) is 0 Å². The number of nitrogens with zero attached hydrogens (tertiary/aromatic N) is 2. The molecule has 2 heterocycles. The number of benzene rings is 1. The van der Waals surface area contributed by atoms with E-state index in [1.807, 2.05) is 43.3 Å². The highest BCUT2D eigenvalue weighted by atomic mass is 16.3. The quantitative estimate of drug-likeness (QED) is 0.938. The summed E-state index contributed by atoms with van der Waals surface area (Å²) in [4.78, 5) is 16.4. The molecule has 1 fully saturated rings. The highest BCUT2D eigenvalue weighted by molar-refractivity contribution is 5.94. The van der Waals surface area contributed by atoms with Crippen LogP contribution < -0.4 is 4.90 Å². The van der Waals surface area contributed by atoms with Crippen LogP contribution in [-0.4, -0.2) is 42.2 Å². The van der Waals surface area contributed by atoms with Gasteiger partial charge in [0.2, 0.25) is 0 Å². The van der Waals surface area contributed by atoms with Crippen molar-refractivity contribution in [1.29, 1.82) is 0 Å². The van der Waals surface area contributed by atoms with Gasteiger partial charge in [-0.25, -0.2) is 0 Å². The molecular weight excluding hydrogens is 304 g/mol. The SMILES string of the molecule is Cc1ccc(CN(C)C(=O)c2ccc(N3CCC(O)CC3)cc2)o1. The molecule has 1 aromatic heterocycles. The van der Waals surface area contributed by atoms with Crippen molar-refractivity contribution in [3.05, 3.63) is 53.5 Å². The van der Waals surface area contributed by atoms with Crippen molar-refractivity contribution < 1.29 is 14.3 Å². The van der Waals surface area contributed by atoms with Crippen LogP contribution in [0.4, 0.5) is 5.69 Å². The zero-order chi connectivity index (χ0) is 17.1. The van der Waals surface area contributed by atoms with Crippen molar-refractivity contribution in [1.82, 2.24) is 4.90 Å². The number of furan rings is 1. The molecule has 0 aliphatic carbocycles. The molecule has 128 valence electrons. The minimum Gasteiger partial charge on any atom is -0.464 e. The van der Waals surface area contributed by atoms with Crippen LogP contribution in [0.5, 0.6) is 0 Å². The van der Waals surface area contributed by atoms with Gasteiger partial charge in [-0.05, 0) is 56.2 Å². The van der Waals surface area contributed by atoms with E-state index in [0.29, 0.717) is 12.1 Å². The Balaban J connectivity index is 1.63. The maximum absolute atomic E-state index is 12.5. The van der Waals surface area contributed by atoms with Crippen molar-refractivity contribution in [2.45, 2.75) is 32.4 Å². The third-order valence-corrected chi connectivity index (χ3v) is 4.48. The summed E-state index contributed by atoms with van der Waals surface area (Å²) in [5.41, 5.74) is 1.77. The van der Waals surface area contributed by atoms with E-state index < -0.39 is 0 Å². The summed E-state index contributed by atoms with van der Waals surface area (Å²) < 4.78 is 5.53. The normalized spacial score (nSPS) is 15.5. The van der Waals surface area contributed by atoms with Crippen molar-refractivity contribution >= 4 is 11.6 Å². The van der Waals surface area contributed by atoms with Crippen LogP contribution in [-0.2, 0) is 6.54 Å². The van der Waals surface area contributed by atoms with Gasteiger partial charge in [-0.15, -0.1) is 0 Å². The molecule has 3 rings (SSSR count). The summed E-state index contributed by atoms with van der Waals surface area (Å²) in [6.45, 7) is 4.06. The number of hydrogen-bond donors (Lipinski definition) is 1. The Bertz CT molecular complexity index is 685. The lowest BCUT2D eigenvalue weighted by Crippen LogP contribution is -2.35. The molecule has 1 aliphatic rings. The van der Waals surface area contributed by atoms with E-state index >= 15 is 0 Å². The Kier molecular flexibility index (Phi) is 4.90. The number of hydrogen-bond acceptors (Lipinski definition) is 4. The maximum atomic E-state index is 12.5. The smallest absolute Gasteiger partial charge is 0.254 e. The predicted octanol–water partition coefficient (Wildman–Crippen LogP) is 2.82. The summed E-state index contributed by atoms with van der Waals surface area (Å²) in [5.74, 6) is 1.61. The summed E-state index contributed by atoms with van der Waals surface area (Å²) in [6.07, 6.45) is 1.42. The van der Waals surface area contributed by atoms with Gasteiger partial charge in [0.05, 0.1) is 12.6 Å². The first-order chi connectivity index (χ1) is 11.5. The molecule has 0 unspecified atom stereocenters. The van der Waals surface area contributed by atoms with Gasteiger partial charge < -0.3 is 19.3 Å². The van der Waals surface area contributed by atoms with Crippen molar-refractivity contribution in [3.8, 4) is 0 Å². The standard InChI is InChI=1S/C19H24N2O3/c1-14-3-8-18(24-14)13-20(2)19(23)15-4-6-16(7-5-15)21-11-9-17(22)10-12-21/h3-8,17,22H,9-13H2,1-2H3. The highest BCUT2D eigenvalue weighted by Crippen LogP contribution is 2.21. The topological polar surface area (TPSA) is 56.9 Å². The van der Waals surface area contributed by atoms with Gasteiger partial charge in [-0.2, -0.15) is 0 Å². The van der Waals surface area contributed by atoms with Gasteiger partial charge in [-0.1, -0.05) is 0 Å². The Morgan fingerprint density at radius 2 is 1.88 bits per heavy atom. The summed E-state index contributed by atoms with van der Waals surface area (Å²) in [6, 6.07) is 11.5. The number of amides is 1. The van der Waals surface area contributed by atoms with E-state index in [-0.39, 0.29) is 12.0 Å². The number of piperidine rings is 1. The first-order valence-corrected chi connectivity index (χ1v) is 8.37. The first kappa shape index (κ1) is 16.6. The lowest BCUT2D eigenvalue weighted by molar-refractivity contribution is 0.0775. The third kappa shape index (κ3) is 3.79. The second kappa shape index (κ2) is 7.09. The van der Waals surface area contributed by atoms with E-state index in [9.17, 15) is 9.90 Å².